The lowest BCUT2D eigenvalue weighted by Gasteiger charge is -2.26. The summed E-state index contributed by atoms with van der Waals surface area (Å²) < 4.78 is 0. The standard InChI is InChI=1S/C16H25N3S/c1-3-17-14-10-15(19-16(18-14)12-7-8-12)20-13-6-4-5-11(2)9-13/h10-13H,3-9H2,1-2H3,(H,17,18,19). The van der Waals surface area contributed by atoms with Crippen molar-refractivity contribution in [2.45, 2.75) is 68.6 Å². The molecule has 2 aliphatic rings. The molecule has 0 spiro atoms. The second kappa shape index (κ2) is 6.33. The molecule has 0 radical (unpaired) electrons. The Morgan fingerprint density at radius 2 is 2.10 bits per heavy atom. The Balaban J connectivity index is 1.73. The van der Waals surface area contributed by atoms with Crippen molar-refractivity contribution in [1.29, 1.82) is 0 Å². The molecule has 2 saturated carbocycles. The first kappa shape index (κ1) is 14.2. The molecule has 2 unspecified atom stereocenters. The topological polar surface area (TPSA) is 37.8 Å². The molecule has 2 fully saturated rings. The van der Waals surface area contributed by atoms with Crippen LogP contribution in [0.5, 0.6) is 0 Å². The first-order chi connectivity index (χ1) is 9.74. The molecule has 1 N–H and O–H groups in total. The van der Waals surface area contributed by atoms with Crippen molar-refractivity contribution >= 4 is 17.6 Å². The Kier molecular flexibility index (Phi) is 4.49. The fourth-order valence-electron chi connectivity index (χ4n) is 2.96. The second-order valence-electron chi connectivity index (χ2n) is 6.27. The van der Waals surface area contributed by atoms with Crippen LogP contribution < -0.4 is 5.32 Å². The summed E-state index contributed by atoms with van der Waals surface area (Å²) in [4.78, 5) is 9.47. The molecule has 0 aliphatic heterocycles. The number of anilines is 1. The van der Waals surface area contributed by atoms with E-state index in [1.807, 2.05) is 11.8 Å². The Morgan fingerprint density at radius 1 is 1.25 bits per heavy atom. The maximum atomic E-state index is 4.81. The van der Waals surface area contributed by atoms with Gasteiger partial charge < -0.3 is 5.32 Å². The maximum absolute atomic E-state index is 4.81. The van der Waals surface area contributed by atoms with Gasteiger partial charge in [0.15, 0.2) is 0 Å². The van der Waals surface area contributed by atoms with Crippen LogP contribution in [-0.4, -0.2) is 21.8 Å². The molecule has 0 bridgehead atoms. The highest BCUT2D eigenvalue weighted by Crippen LogP contribution is 2.40. The van der Waals surface area contributed by atoms with Gasteiger partial charge in [-0.3, -0.25) is 0 Å². The van der Waals surface area contributed by atoms with Gasteiger partial charge in [-0.25, -0.2) is 9.97 Å². The molecule has 0 amide bonds. The number of nitrogens with zero attached hydrogens (tertiary/aromatic N) is 2. The van der Waals surface area contributed by atoms with Crippen molar-refractivity contribution in [2.24, 2.45) is 5.92 Å². The summed E-state index contributed by atoms with van der Waals surface area (Å²) in [7, 11) is 0. The molecule has 3 rings (SSSR count). The zero-order chi connectivity index (χ0) is 13.9. The average Bonchev–Trinajstić information content (AvgIpc) is 3.23. The molecule has 0 aromatic carbocycles. The van der Waals surface area contributed by atoms with Crippen LogP contribution in [0.4, 0.5) is 5.82 Å². The zero-order valence-electron chi connectivity index (χ0n) is 12.6. The van der Waals surface area contributed by atoms with E-state index < -0.39 is 0 Å². The predicted octanol–water partition coefficient (Wildman–Crippen LogP) is 4.46. The van der Waals surface area contributed by atoms with Gasteiger partial charge >= 0.3 is 0 Å². The van der Waals surface area contributed by atoms with Gasteiger partial charge in [-0.05, 0) is 38.5 Å². The van der Waals surface area contributed by atoms with Crippen molar-refractivity contribution in [3.05, 3.63) is 11.9 Å². The predicted molar refractivity (Wildman–Crippen MR) is 85.4 cm³/mol. The third-order valence-electron chi connectivity index (χ3n) is 4.20. The van der Waals surface area contributed by atoms with Crippen LogP contribution in [0, 0.1) is 5.92 Å². The third kappa shape index (κ3) is 3.66. The second-order valence-corrected chi connectivity index (χ2v) is 7.59. The number of aromatic nitrogens is 2. The fourth-order valence-corrected chi connectivity index (χ4v) is 4.33. The van der Waals surface area contributed by atoms with Crippen LogP contribution in [-0.2, 0) is 0 Å². The van der Waals surface area contributed by atoms with E-state index in [4.69, 9.17) is 4.98 Å². The zero-order valence-corrected chi connectivity index (χ0v) is 13.4. The van der Waals surface area contributed by atoms with E-state index in [1.165, 1.54) is 43.6 Å². The summed E-state index contributed by atoms with van der Waals surface area (Å²) >= 11 is 1.98. The monoisotopic (exact) mass is 291 g/mol. The summed E-state index contributed by atoms with van der Waals surface area (Å²) in [5, 5.41) is 5.28. The van der Waals surface area contributed by atoms with Crippen molar-refractivity contribution in [2.75, 3.05) is 11.9 Å². The highest BCUT2D eigenvalue weighted by Gasteiger charge is 2.28. The Morgan fingerprint density at radius 3 is 2.80 bits per heavy atom. The van der Waals surface area contributed by atoms with Crippen LogP contribution >= 0.6 is 11.8 Å². The smallest absolute Gasteiger partial charge is 0.135 e. The highest BCUT2D eigenvalue weighted by molar-refractivity contribution is 7.99. The molecule has 2 atom stereocenters. The molecule has 20 heavy (non-hydrogen) atoms. The van der Waals surface area contributed by atoms with Gasteiger partial charge in [-0.1, -0.05) is 19.8 Å². The highest BCUT2D eigenvalue weighted by atomic mass is 32.2. The van der Waals surface area contributed by atoms with E-state index in [2.05, 4.69) is 30.2 Å². The number of hydrogen-bond acceptors (Lipinski definition) is 4. The van der Waals surface area contributed by atoms with E-state index in [-0.39, 0.29) is 0 Å². The van der Waals surface area contributed by atoms with Crippen LogP contribution in [0.15, 0.2) is 11.1 Å². The van der Waals surface area contributed by atoms with Crippen LogP contribution in [0.2, 0.25) is 0 Å². The first-order valence-electron chi connectivity index (χ1n) is 8.04. The quantitative estimate of drug-likeness (QED) is 0.813. The number of nitrogens with one attached hydrogen (secondary N) is 1. The molecule has 0 saturated heterocycles. The van der Waals surface area contributed by atoms with Crippen LogP contribution in [0.3, 0.4) is 0 Å². The number of rotatable bonds is 5. The minimum Gasteiger partial charge on any atom is -0.370 e. The normalized spacial score (nSPS) is 26.5. The Hall–Kier alpha value is -0.770. The van der Waals surface area contributed by atoms with Crippen LogP contribution in [0.1, 0.15) is 64.1 Å². The van der Waals surface area contributed by atoms with Crippen molar-refractivity contribution < 1.29 is 0 Å². The minimum atomic E-state index is 0.623. The molecule has 1 aromatic rings. The first-order valence-corrected chi connectivity index (χ1v) is 8.92. The van der Waals surface area contributed by atoms with Crippen molar-refractivity contribution in [3.63, 3.8) is 0 Å². The summed E-state index contributed by atoms with van der Waals surface area (Å²) in [5.41, 5.74) is 0. The lowest BCUT2D eigenvalue weighted by atomic mass is 9.91. The van der Waals surface area contributed by atoms with Crippen molar-refractivity contribution in [3.8, 4) is 0 Å². The van der Waals surface area contributed by atoms with Gasteiger partial charge in [0.1, 0.15) is 16.7 Å². The Labute approximate surface area is 126 Å². The summed E-state index contributed by atoms with van der Waals surface area (Å²) in [6.07, 6.45) is 7.98. The largest absolute Gasteiger partial charge is 0.370 e. The number of thioether (sulfide) groups is 1. The summed E-state index contributed by atoms with van der Waals surface area (Å²) in [6.45, 7) is 5.42. The molecule has 1 heterocycles. The Bertz CT molecular complexity index is 459. The number of hydrogen-bond donors (Lipinski definition) is 1. The molecule has 4 heteroatoms. The van der Waals surface area contributed by atoms with E-state index in [0.717, 1.165) is 29.4 Å². The SMILES string of the molecule is CCNc1cc(SC2CCCC(C)C2)nc(C2CC2)n1. The molecular formula is C16H25N3S. The third-order valence-corrected chi connectivity index (χ3v) is 5.41. The van der Waals surface area contributed by atoms with Gasteiger partial charge in [-0.2, -0.15) is 0 Å². The molecule has 3 nitrogen and oxygen atoms in total. The van der Waals surface area contributed by atoms with Gasteiger partial charge in [0, 0.05) is 23.8 Å². The average molecular weight is 291 g/mol. The van der Waals surface area contributed by atoms with E-state index >= 15 is 0 Å². The molecule has 2 aliphatic carbocycles. The summed E-state index contributed by atoms with van der Waals surface area (Å²) in [5.74, 6) is 3.57. The van der Waals surface area contributed by atoms with Gasteiger partial charge in [-0.15, -0.1) is 11.8 Å². The van der Waals surface area contributed by atoms with Crippen molar-refractivity contribution in [1.82, 2.24) is 9.97 Å². The summed E-state index contributed by atoms with van der Waals surface area (Å²) in [6, 6.07) is 2.14. The fraction of sp³-hybridized carbons (Fsp3) is 0.750. The molecular weight excluding hydrogens is 266 g/mol. The van der Waals surface area contributed by atoms with Gasteiger partial charge in [0.25, 0.3) is 0 Å². The van der Waals surface area contributed by atoms with Gasteiger partial charge in [0.05, 0.1) is 0 Å². The lowest BCUT2D eigenvalue weighted by molar-refractivity contribution is 0.394. The molecule has 110 valence electrons. The maximum Gasteiger partial charge on any atom is 0.135 e. The van der Waals surface area contributed by atoms with E-state index in [0.29, 0.717) is 5.92 Å². The van der Waals surface area contributed by atoms with Crippen LogP contribution in [0.25, 0.3) is 0 Å². The van der Waals surface area contributed by atoms with Gasteiger partial charge in [0.2, 0.25) is 0 Å². The lowest BCUT2D eigenvalue weighted by Crippen LogP contribution is -2.15. The van der Waals surface area contributed by atoms with E-state index in [9.17, 15) is 0 Å². The minimum absolute atomic E-state index is 0.623. The van der Waals surface area contributed by atoms with E-state index in [1.54, 1.807) is 0 Å². The molecule has 1 aromatic heterocycles.